The smallest absolute Gasteiger partial charge is 0.313 e. The van der Waals surface area contributed by atoms with Crippen LogP contribution in [0, 0.1) is 5.92 Å². The Balaban J connectivity index is 2.00. The van der Waals surface area contributed by atoms with E-state index in [1.165, 1.54) is 13.2 Å². The first-order valence-corrected chi connectivity index (χ1v) is 6.78. The van der Waals surface area contributed by atoms with Gasteiger partial charge >= 0.3 is 5.97 Å². The van der Waals surface area contributed by atoms with Crippen LogP contribution in [-0.4, -0.2) is 25.7 Å². The molecule has 5 nitrogen and oxygen atoms in total. The van der Waals surface area contributed by atoms with Crippen LogP contribution in [0.3, 0.4) is 0 Å². The number of esters is 1. The van der Waals surface area contributed by atoms with E-state index in [4.69, 9.17) is 14.2 Å². The van der Waals surface area contributed by atoms with Crippen LogP contribution in [0.1, 0.15) is 24.8 Å². The van der Waals surface area contributed by atoms with E-state index >= 15 is 0 Å². The van der Waals surface area contributed by atoms with Crippen molar-refractivity contribution in [2.75, 3.05) is 13.9 Å². The fourth-order valence-electron chi connectivity index (χ4n) is 2.99. The van der Waals surface area contributed by atoms with E-state index in [1.807, 2.05) is 18.2 Å². The minimum Gasteiger partial charge on any atom is -0.469 e. The van der Waals surface area contributed by atoms with Crippen LogP contribution in [0.25, 0.3) is 0 Å². The topological polar surface area (TPSA) is 61.8 Å². The zero-order valence-corrected chi connectivity index (χ0v) is 11.9. The maximum absolute atomic E-state index is 12.1. The molecule has 0 N–H and O–H groups in total. The number of carbonyl (C=O) groups is 2. The summed E-state index contributed by atoms with van der Waals surface area (Å²) in [5, 5.41) is 0. The molecule has 2 aliphatic rings. The van der Waals surface area contributed by atoms with Crippen molar-refractivity contribution in [3.8, 4) is 11.5 Å². The fraction of sp³-hybridized carbons (Fsp3) is 0.375. The van der Waals surface area contributed by atoms with Gasteiger partial charge in [0.25, 0.3) is 0 Å². The molecule has 110 valence electrons. The van der Waals surface area contributed by atoms with E-state index in [0.717, 1.165) is 11.1 Å². The van der Waals surface area contributed by atoms with Crippen LogP contribution in [0.2, 0.25) is 0 Å². The first kappa shape index (κ1) is 13.7. The van der Waals surface area contributed by atoms with Gasteiger partial charge in [-0.1, -0.05) is 11.6 Å². The Morgan fingerprint density at radius 2 is 2.05 bits per heavy atom. The van der Waals surface area contributed by atoms with Gasteiger partial charge in [0, 0.05) is 12.3 Å². The number of ketones is 1. The molecule has 0 bridgehead atoms. The Morgan fingerprint density at radius 1 is 1.29 bits per heavy atom. The van der Waals surface area contributed by atoms with Gasteiger partial charge in [0.2, 0.25) is 6.79 Å². The summed E-state index contributed by atoms with van der Waals surface area (Å²) in [6, 6.07) is 5.53. The monoisotopic (exact) mass is 288 g/mol. The quantitative estimate of drug-likeness (QED) is 0.781. The highest BCUT2D eigenvalue weighted by Gasteiger charge is 2.37. The largest absolute Gasteiger partial charge is 0.469 e. The zero-order valence-electron chi connectivity index (χ0n) is 11.9. The van der Waals surface area contributed by atoms with Crippen LogP contribution >= 0.6 is 0 Å². The molecule has 1 aromatic carbocycles. The van der Waals surface area contributed by atoms with Crippen molar-refractivity contribution in [1.29, 1.82) is 0 Å². The average Bonchev–Trinajstić information content (AvgIpc) is 2.93. The van der Waals surface area contributed by atoms with Crippen molar-refractivity contribution < 1.29 is 23.8 Å². The van der Waals surface area contributed by atoms with Crippen LogP contribution in [0.5, 0.6) is 11.5 Å². The first-order valence-electron chi connectivity index (χ1n) is 6.78. The molecular formula is C16H16O5. The third kappa shape index (κ3) is 2.39. The maximum atomic E-state index is 12.1. The lowest BCUT2D eigenvalue weighted by molar-refractivity contribution is -0.145. The normalized spacial score (nSPS) is 23.7. The second-order valence-corrected chi connectivity index (χ2v) is 5.28. The molecule has 21 heavy (non-hydrogen) atoms. The molecule has 1 aliphatic carbocycles. The summed E-state index contributed by atoms with van der Waals surface area (Å²) in [6.07, 6.45) is 1.82. The summed E-state index contributed by atoms with van der Waals surface area (Å²) in [6.45, 7) is 1.99. The zero-order chi connectivity index (χ0) is 15.0. The highest BCUT2D eigenvalue weighted by atomic mass is 16.7. The predicted octanol–water partition coefficient (Wildman–Crippen LogP) is 2.21. The molecule has 5 heteroatoms. The van der Waals surface area contributed by atoms with Crippen molar-refractivity contribution in [2.45, 2.75) is 19.3 Å². The van der Waals surface area contributed by atoms with Crippen molar-refractivity contribution in [3.63, 3.8) is 0 Å². The molecule has 2 unspecified atom stereocenters. The van der Waals surface area contributed by atoms with Crippen LogP contribution in [-0.2, 0) is 14.3 Å². The van der Waals surface area contributed by atoms with E-state index in [0.29, 0.717) is 11.5 Å². The third-order valence-corrected chi connectivity index (χ3v) is 3.98. The number of hydrogen-bond donors (Lipinski definition) is 0. The molecule has 0 saturated carbocycles. The van der Waals surface area contributed by atoms with Crippen LogP contribution in [0.15, 0.2) is 29.8 Å². The number of methoxy groups -OCH3 is 1. The molecule has 0 saturated heterocycles. The lowest BCUT2D eigenvalue weighted by Gasteiger charge is -2.29. The van der Waals surface area contributed by atoms with Gasteiger partial charge in [-0.15, -0.1) is 0 Å². The summed E-state index contributed by atoms with van der Waals surface area (Å²) in [5.74, 6) is 0.366. The molecule has 1 aliphatic heterocycles. The second-order valence-electron chi connectivity index (χ2n) is 5.28. The molecule has 1 aromatic rings. The Bertz CT molecular complexity index is 632. The van der Waals surface area contributed by atoms with Gasteiger partial charge in [-0.3, -0.25) is 9.59 Å². The SMILES string of the molecule is COC(=O)C1C(C)=CC(=O)CC1c1ccc2c(c1)OCO2. The van der Waals surface area contributed by atoms with Gasteiger partial charge in [0.1, 0.15) is 0 Å². The highest BCUT2D eigenvalue weighted by molar-refractivity contribution is 5.95. The number of fused-ring (bicyclic) bond motifs is 1. The van der Waals surface area contributed by atoms with Crippen LogP contribution < -0.4 is 9.47 Å². The maximum Gasteiger partial charge on any atom is 0.313 e. The predicted molar refractivity (Wildman–Crippen MR) is 74.2 cm³/mol. The molecule has 0 radical (unpaired) electrons. The Kier molecular flexibility index (Phi) is 3.41. The van der Waals surface area contributed by atoms with E-state index in [9.17, 15) is 9.59 Å². The summed E-state index contributed by atoms with van der Waals surface area (Å²) in [5.41, 5.74) is 1.62. The summed E-state index contributed by atoms with van der Waals surface area (Å²) in [4.78, 5) is 23.9. The van der Waals surface area contributed by atoms with E-state index in [-0.39, 0.29) is 30.9 Å². The fourth-order valence-corrected chi connectivity index (χ4v) is 2.99. The Labute approximate surface area is 122 Å². The molecule has 0 fully saturated rings. The van der Waals surface area contributed by atoms with Gasteiger partial charge in [0.05, 0.1) is 13.0 Å². The van der Waals surface area contributed by atoms with Crippen LogP contribution in [0.4, 0.5) is 0 Å². The second kappa shape index (κ2) is 5.24. The standard InChI is InChI=1S/C16H16O5/c1-9-5-11(17)7-12(15(9)16(18)19-2)10-3-4-13-14(6-10)21-8-20-13/h3-6,12,15H,7-8H2,1-2H3. The van der Waals surface area contributed by atoms with Crippen molar-refractivity contribution in [1.82, 2.24) is 0 Å². The average molecular weight is 288 g/mol. The Morgan fingerprint density at radius 3 is 2.81 bits per heavy atom. The number of benzene rings is 1. The summed E-state index contributed by atoms with van der Waals surface area (Å²) < 4.78 is 15.5. The molecule has 3 rings (SSSR count). The van der Waals surface area contributed by atoms with Crippen molar-refractivity contribution in [2.24, 2.45) is 5.92 Å². The molecule has 0 amide bonds. The van der Waals surface area contributed by atoms with Gasteiger partial charge in [-0.25, -0.2) is 0 Å². The number of hydrogen-bond acceptors (Lipinski definition) is 5. The van der Waals surface area contributed by atoms with Gasteiger partial charge in [0.15, 0.2) is 17.3 Å². The van der Waals surface area contributed by atoms with E-state index < -0.39 is 5.92 Å². The molecule has 2 atom stereocenters. The lowest BCUT2D eigenvalue weighted by Crippen LogP contribution is -2.30. The summed E-state index contributed by atoms with van der Waals surface area (Å²) >= 11 is 0. The first-order chi connectivity index (χ1) is 10.1. The summed E-state index contributed by atoms with van der Waals surface area (Å²) in [7, 11) is 1.36. The molecule has 0 spiro atoms. The van der Waals surface area contributed by atoms with Crippen molar-refractivity contribution >= 4 is 11.8 Å². The number of ether oxygens (including phenoxy) is 3. The van der Waals surface area contributed by atoms with Gasteiger partial charge in [-0.2, -0.15) is 0 Å². The number of rotatable bonds is 2. The van der Waals surface area contributed by atoms with E-state index in [1.54, 1.807) is 6.92 Å². The minimum absolute atomic E-state index is 0.0234. The minimum atomic E-state index is -0.437. The van der Waals surface area contributed by atoms with Crippen molar-refractivity contribution in [3.05, 3.63) is 35.4 Å². The van der Waals surface area contributed by atoms with E-state index in [2.05, 4.69) is 0 Å². The van der Waals surface area contributed by atoms with Gasteiger partial charge < -0.3 is 14.2 Å². The molecule has 0 aromatic heterocycles. The van der Waals surface area contributed by atoms with Gasteiger partial charge in [-0.05, 0) is 30.7 Å². The third-order valence-electron chi connectivity index (χ3n) is 3.98. The number of carbonyl (C=O) groups excluding carboxylic acids is 2. The highest BCUT2D eigenvalue weighted by Crippen LogP contribution is 2.41. The molecular weight excluding hydrogens is 272 g/mol. The number of allylic oxidation sites excluding steroid dienone is 1. The lowest BCUT2D eigenvalue weighted by atomic mass is 9.74. The Hall–Kier alpha value is -2.30. The molecule has 1 heterocycles.